The number of thioether (sulfide) groups is 1. The van der Waals surface area contributed by atoms with Crippen LogP contribution in [0.25, 0.3) is 10.1 Å². The lowest BCUT2D eigenvalue weighted by molar-refractivity contribution is 0.0740. The van der Waals surface area contributed by atoms with Crippen molar-refractivity contribution in [3.63, 3.8) is 0 Å². The predicted octanol–water partition coefficient (Wildman–Crippen LogP) is 7.37. The van der Waals surface area contributed by atoms with Gasteiger partial charge in [0.05, 0.1) is 16.0 Å². The third kappa shape index (κ3) is 4.24. The number of benzene rings is 3. The van der Waals surface area contributed by atoms with Crippen molar-refractivity contribution in [3.05, 3.63) is 98.2 Å². The molecule has 4 aromatic rings. The van der Waals surface area contributed by atoms with Crippen LogP contribution in [-0.2, 0) is 0 Å². The summed E-state index contributed by atoms with van der Waals surface area (Å²) in [5.74, 6) is -0.309. The molecule has 0 saturated heterocycles. The zero-order chi connectivity index (χ0) is 24.7. The number of thiophene rings is 1. The van der Waals surface area contributed by atoms with E-state index >= 15 is 0 Å². The predicted molar refractivity (Wildman–Crippen MR) is 141 cm³/mol. The molecule has 2 N–H and O–H groups in total. The Hall–Kier alpha value is -3.15. The molecule has 1 aliphatic rings. The van der Waals surface area contributed by atoms with Crippen molar-refractivity contribution in [2.75, 3.05) is 6.26 Å². The van der Waals surface area contributed by atoms with Crippen LogP contribution >= 0.6 is 46.3 Å². The molecule has 1 atom stereocenters. The van der Waals surface area contributed by atoms with E-state index in [-0.39, 0.29) is 21.5 Å². The molecule has 1 unspecified atom stereocenters. The van der Waals surface area contributed by atoms with E-state index in [0.29, 0.717) is 21.7 Å². The SMILES string of the molecule is CSc1ccc(C2C(C#N)=C(N)Oc3cc(OC(=O)c4sc5cccc(Cl)c5c4Cl)ccc32)cc1. The lowest BCUT2D eigenvalue weighted by Gasteiger charge is -2.26. The second-order valence-corrected chi connectivity index (χ2v) is 10.4. The molecule has 0 spiro atoms. The Morgan fingerprint density at radius 1 is 1.17 bits per heavy atom. The number of esters is 1. The summed E-state index contributed by atoms with van der Waals surface area (Å²) in [6.07, 6.45) is 2.00. The maximum Gasteiger partial charge on any atom is 0.355 e. The van der Waals surface area contributed by atoms with Gasteiger partial charge in [0.15, 0.2) is 0 Å². The summed E-state index contributed by atoms with van der Waals surface area (Å²) in [5.41, 5.74) is 8.09. The minimum absolute atomic E-state index is 0.0182. The average molecular weight is 539 g/mol. The molecule has 1 aliphatic heterocycles. The van der Waals surface area contributed by atoms with Gasteiger partial charge in [-0.1, -0.05) is 47.5 Å². The Morgan fingerprint density at radius 2 is 1.94 bits per heavy atom. The van der Waals surface area contributed by atoms with E-state index in [2.05, 4.69) is 6.07 Å². The first-order valence-electron chi connectivity index (χ1n) is 10.4. The number of allylic oxidation sites excluding steroid dienone is 1. The third-order valence-electron chi connectivity index (χ3n) is 5.64. The van der Waals surface area contributed by atoms with Crippen molar-refractivity contribution in [3.8, 4) is 17.6 Å². The van der Waals surface area contributed by atoms with Gasteiger partial charge in [-0.15, -0.1) is 23.1 Å². The van der Waals surface area contributed by atoms with Gasteiger partial charge in [0.1, 0.15) is 28.0 Å². The number of fused-ring (bicyclic) bond motifs is 2. The fourth-order valence-corrected chi connectivity index (χ4v) is 6.23. The number of nitrogens with zero attached hydrogens (tertiary/aromatic N) is 1. The lowest BCUT2D eigenvalue weighted by atomic mass is 9.83. The second-order valence-electron chi connectivity index (χ2n) is 7.65. The molecule has 0 aliphatic carbocycles. The van der Waals surface area contributed by atoms with Crippen LogP contribution in [-0.4, -0.2) is 12.2 Å². The van der Waals surface area contributed by atoms with Crippen molar-refractivity contribution >= 4 is 62.4 Å². The number of nitriles is 1. The maximum absolute atomic E-state index is 12.9. The summed E-state index contributed by atoms with van der Waals surface area (Å²) in [6.45, 7) is 0. The van der Waals surface area contributed by atoms with E-state index in [1.165, 1.54) is 11.3 Å². The standard InChI is InChI=1S/C26H16Cl2N2O3S2/c1-34-15-8-5-13(6-9-15)21-16-10-7-14(11-19(16)33-25(30)17(21)12-29)32-26(31)24-23(28)22-18(27)3-2-4-20(22)35-24/h2-11,21H,30H2,1H3. The summed E-state index contributed by atoms with van der Waals surface area (Å²) >= 11 is 15.5. The highest BCUT2D eigenvalue weighted by Crippen LogP contribution is 2.44. The van der Waals surface area contributed by atoms with Crippen molar-refractivity contribution in [1.82, 2.24) is 0 Å². The van der Waals surface area contributed by atoms with E-state index in [9.17, 15) is 10.1 Å². The second kappa shape index (κ2) is 9.48. The quantitative estimate of drug-likeness (QED) is 0.166. The number of carbonyl (C=O) groups is 1. The molecule has 0 saturated carbocycles. The van der Waals surface area contributed by atoms with Crippen LogP contribution in [0.4, 0.5) is 0 Å². The topological polar surface area (TPSA) is 85.3 Å². The summed E-state index contributed by atoms with van der Waals surface area (Å²) in [6, 6.07) is 20.5. The highest BCUT2D eigenvalue weighted by Gasteiger charge is 2.31. The molecule has 35 heavy (non-hydrogen) atoms. The van der Waals surface area contributed by atoms with Crippen LogP contribution in [0.5, 0.6) is 11.5 Å². The normalized spacial score (nSPS) is 14.9. The molecular weight excluding hydrogens is 523 g/mol. The molecule has 3 aromatic carbocycles. The summed E-state index contributed by atoms with van der Waals surface area (Å²) in [7, 11) is 0. The molecule has 1 aromatic heterocycles. The van der Waals surface area contributed by atoms with Crippen LogP contribution in [0.15, 0.2) is 77.0 Å². The first-order valence-corrected chi connectivity index (χ1v) is 13.1. The molecule has 0 fully saturated rings. The van der Waals surface area contributed by atoms with Crippen molar-refractivity contribution in [1.29, 1.82) is 5.26 Å². The van der Waals surface area contributed by atoms with Crippen LogP contribution in [0.3, 0.4) is 0 Å². The number of hydrogen-bond donors (Lipinski definition) is 1. The van der Waals surface area contributed by atoms with Crippen molar-refractivity contribution in [2.45, 2.75) is 10.8 Å². The first kappa shape index (κ1) is 23.6. The van der Waals surface area contributed by atoms with Crippen LogP contribution in [0, 0.1) is 11.3 Å². The van der Waals surface area contributed by atoms with Crippen LogP contribution in [0.2, 0.25) is 10.0 Å². The zero-order valence-electron chi connectivity index (χ0n) is 18.2. The van der Waals surface area contributed by atoms with Crippen LogP contribution < -0.4 is 15.2 Å². The van der Waals surface area contributed by atoms with Gasteiger partial charge in [0.25, 0.3) is 0 Å². The molecule has 0 amide bonds. The van der Waals surface area contributed by atoms with Gasteiger partial charge < -0.3 is 15.2 Å². The summed E-state index contributed by atoms with van der Waals surface area (Å²) in [5, 5.41) is 11.1. The number of halogens is 2. The van der Waals surface area contributed by atoms with Gasteiger partial charge in [-0.2, -0.15) is 5.26 Å². The third-order valence-corrected chi connectivity index (χ3v) is 8.33. The van der Waals surface area contributed by atoms with E-state index in [1.54, 1.807) is 42.1 Å². The highest BCUT2D eigenvalue weighted by molar-refractivity contribution is 7.98. The van der Waals surface area contributed by atoms with E-state index in [4.69, 9.17) is 38.4 Å². The number of ether oxygens (including phenoxy) is 2. The Morgan fingerprint density at radius 3 is 2.63 bits per heavy atom. The molecule has 5 nitrogen and oxygen atoms in total. The lowest BCUT2D eigenvalue weighted by Crippen LogP contribution is -2.21. The minimum Gasteiger partial charge on any atom is -0.440 e. The summed E-state index contributed by atoms with van der Waals surface area (Å²) in [4.78, 5) is 14.3. The van der Waals surface area contributed by atoms with Gasteiger partial charge in [-0.25, -0.2) is 4.79 Å². The van der Waals surface area contributed by atoms with Crippen LogP contribution in [0.1, 0.15) is 26.7 Å². The average Bonchev–Trinajstić information content (AvgIpc) is 3.21. The molecule has 174 valence electrons. The molecule has 0 bridgehead atoms. The number of nitrogens with two attached hydrogens (primary N) is 1. The number of hydrogen-bond acceptors (Lipinski definition) is 7. The Kier molecular flexibility index (Phi) is 6.39. The Balaban J connectivity index is 1.49. The number of rotatable bonds is 4. The molecule has 5 rings (SSSR count). The zero-order valence-corrected chi connectivity index (χ0v) is 21.3. The Labute approximate surface area is 219 Å². The van der Waals surface area contributed by atoms with Gasteiger partial charge >= 0.3 is 5.97 Å². The molecule has 2 heterocycles. The summed E-state index contributed by atoms with van der Waals surface area (Å²) < 4.78 is 12.2. The van der Waals surface area contributed by atoms with Gasteiger partial charge in [0.2, 0.25) is 5.88 Å². The van der Waals surface area contributed by atoms with Crippen molar-refractivity contribution < 1.29 is 14.3 Å². The minimum atomic E-state index is -0.603. The fraction of sp³-hybridized carbons (Fsp3) is 0.0769. The van der Waals surface area contributed by atoms with Gasteiger partial charge in [-0.3, -0.25) is 0 Å². The monoisotopic (exact) mass is 538 g/mol. The highest BCUT2D eigenvalue weighted by atomic mass is 35.5. The van der Waals surface area contributed by atoms with Gasteiger partial charge in [-0.05, 0) is 42.2 Å². The van der Waals surface area contributed by atoms with E-state index < -0.39 is 11.9 Å². The largest absolute Gasteiger partial charge is 0.440 e. The molecule has 0 radical (unpaired) electrons. The van der Waals surface area contributed by atoms with Gasteiger partial charge in [0, 0.05) is 26.6 Å². The smallest absolute Gasteiger partial charge is 0.355 e. The van der Waals surface area contributed by atoms with E-state index in [0.717, 1.165) is 20.7 Å². The maximum atomic E-state index is 12.9. The fourth-order valence-electron chi connectivity index (χ4n) is 3.99. The molecular formula is C26H16Cl2N2O3S2. The number of carbonyl (C=O) groups excluding carboxylic acids is 1. The molecule has 9 heteroatoms. The van der Waals surface area contributed by atoms with E-state index in [1.807, 2.05) is 36.6 Å². The van der Waals surface area contributed by atoms with Crippen molar-refractivity contribution in [2.24, 2.45) is 5.73 Å². The Bertz CT molecular complexity index is 1560. The first-order chi connectivity index (χ1) is 16.9.